The van der Waals surface area contributed by atoms with E-state index in [4.69, 9.17) is 4.52 Å². The number of benzene rings is 1. The van der Waals surface area contributed by atoms with E-state index in [0.29, 0.717) is 11.3 Å². The molecule has 126 valence electrons. The standard InChI is InChI=1S/C16H18N4O3S/c21-24(22,11-14-13-5-1-2-6-15(13)23-19-14)17-9-12-10-20-8-4-3-7-16(20)18-12/h1-2,5-6,10,17H,3-4,7-9,11H2. The quantitative estimate of drug-likeness (QED) is 0.763. The number of imidazole rings is 1. The molecular weight excluding hydrogens is 328 g/mol. The maximum absolute atomic E-state index is 12.3. The summed E-state index contributed by atoms with van der Waals surface area (Å²) in [7, 11) is -3.52. The first-order chi connectivity index (χ1) is 11.6. The van der Waals surface area contributed by atoms with Crippen LogP contribution in [0.25, 0.3) is 11.0 Å². The molecule has 2 aromatic heterocycles. The molecule has 1 aliphatic heterocycles. The minimum Gasteiger partial charge on any atom is -0.356 e. The second kappa shape index (κ2) is 6.03. The SMILES string of the molecule is O=S(=O)(Cc1noc2ccccc12)NCc1cn2c(n1)CCCC2. The van der Waals surface area contributed by atoms with Gasteiger partial charge in [0, 0.05) is 24.5 Å². The molecule has 4 rings (SSSR count). The number of nitrogens with zero attached hydrogens (tertiary/aromatic N) is 3. The Labute approximate surface area is 139 Å². The maximum atomic E-state index is 12.3. The Hall–Kier alpha value is -2.19. The number of para-hydroxylation sites is 1. The molecule has 0 spiro atoms. The molecule has 0 atom stereocenters. The van der Waals surface area contributed by atoms with Gasteiger partial charge in [0.15, 0.2) is 5.58 Å². The van der Waals surface area contributed by atoms with E-state index in [1.165, 1.54) is 0 Å². The fourth-order valence-corrected chi connectivity index (χ4v) is 4.05. The second-order valence-corrected chi connectivity index (χ2v) is 7.81. The summed E-state index contributed by atoms with van der Waals surface area (Å²) in [5.41, 5.74) is 1.76. The summed E-state index contributed by atoms with van der Waals surface area (Å²) in [5, 5.41) is 4.60. The Morgan fingerprint density at radius 2 is 2.12 bits per heavy atom. The van der Waals surface area contributed by atoms with E-state index in [2.05, 4.69) is 19.4 Å². The van der Waals surface area contributed by atoms with Crippen molar-refractivity contribution in [3.05, 3.63) is 47.7 Å². The van der Waals surface area contributed by atoms with Crippen LogP contribution in [0.15, 0.2) is 35.0 Å². The smallest absolute Gasteiger partial charge is 0.217 e. The Bertz CT molecular complexity index is 951. The third kappa shape index (κ3) is 3.07. The fourth-order valence-electron chi connectivity index (χ4n) is 3.01. The molecule has 1 aliphatic rings. The Kier molecular flexibility index (Phi) is 3.85. The van der Waals surface area contributed by atoms with Gasteiger partial charge in [0.1, 0.15) is 17.3 Å². The van der Waals surface area contributed by atoms with Crippen LogP contribution in [0.5, 0.6) is 0 Å². The number of hydrogen-bond acceptors (Lipinski definition) is 5. The molecule has 0 bridgehead atoms. The number of aromatic nitrogens is 3. The van der Waals surface area contributed by atoms with Gasteiger partial charge in [-0.3, -0.25) is 0 Å². The normalized spacial score (nSPS) is 14.8. The number of aryl methyl sites for hydroxylation is 2. The summed E-state index contributed by atoms with van der Waals surface area (Å²) in [4.78, 5) is 4.50. The van der Waals surface area contributed by atoms with Crippen LogP contribution in [-0.2, 0) is 35.3 Å². The number of nitrogens with one attached hydrogen (secondary N) is 1. The Balaban J connectivity index is 1.46. The second-order valence-electron chi connectivity index (χ2n) is 6.00. The highest BCUT2D eigenvalue weighted by Crippen LogP contribution is 2.19. The van der Waals surface area contributed by atoms with Crippen molar-refractivity contribution in [1.29, 1.82) is 0 Å². The molecule has 0 unspecified atom stereocenters. The highest BCUT2D eigenvalue weighted by atomic mass is 32.2. The highest BCUT2D eigenvalue weighted by molar-refractivity contribution is 7.88. The zero-order valence-corrected chi connectivity index (χ0v) is 13.9. The molecule has 3 aromatic rings. The van der Waals surface area contributed by atoms with Crippen LogP contribution in [0, 0.1) is 0 Å². The first kappa shape index (κ1) is 15.3. The largest absolute Gasteiger partial charge is 0.356 e. The zero-order valence-electron chi connectivity index (χ0n) is 13.1. The molecule has 7 nitrogen and oxygen atoms in total. The van der Waals surface area contributed by atoms with Gasteiger partial charge in [0.25, 0.3) is 0 Å². The molecule has 1 aromatic carbocycles. The third-order valence-electron chi connectivity index (χ3n) is 4.21. The van der Waals surface area contributed by atoms with Crippen LogP contribution in [-0.4, -0.2) is 23.1 Å². The maximum Gasteiger partial charge on any atom is 0.217 e. The summed E-state index contributed by atoms with van der Waals surface area (Å²) < 4.78 is 34.5. The van der Waals surface area contributed by atoms with Gasteiger partial charge in [-0.1, -0.05) is 17.3 Å². The molecular formula is C16H18N4O3S. The van der Waals surface area contributed by atoms with E-state index in [1.54, 1.807) is 12.1 Å². The topological polar surface area (TPSA) is 90.0 Å². The molecule has 24 heavy (non-hydrogen) atoms. The molecule has 0 radical (unpaired) electrons. The Morgan fingerprint density at radius 3 is 3.00 bits per heavy atom. The lowest BCUT2D eigenvalue weighted by atomic mass is 10.2. The van der Waals surface area contributed by atoms with Gasteiger partial charge in [-0.05, 0) is 25.0 Å². The summed E-state index contributed by atoms with van der Waals surface area (Å²) in [5.74, 6) is 0.829. The van der Waals surface area contributed by atoms with Gasteiger partial charge >= 0.3 is 0 Å². The first-order valence-electron chi connectivity index (χ1n) is 7.96. The van der Waals surface area contributed by atoms with Crippen molar-refractivity contribution in [2.24, 2.45) is 0 Å². The average Bonchev–Trinajstić information content (AvgIpc) is 3.17. The number of sulfonamides is 1. The number of hydrogen-bond donors (Lipinski definition) is 1. The molecule has 0 saturated heterocycles. The van der Waals surface area contributed by atoms with Crippen LogP contribution in [0.3, 0.4) is 0 Å². The predicted octanol–water partition coefficient (Wildman–Crippen LogP) is 1.98. The van der Waals surface area contributed by atoms with E-state index < -0.39 is 10.0 Å². The number of rotatable bonds is 5. The summed E-state index contributed by atoms with van der Waals surface area (Å²) in [6.07, 6.45) is 5.18. The van der Waals surface area contributed by atoms with Crippen LogP contribution in [0.4, 0.5) is 0 Å². The van der Waals surface area contributed by atoms with Crippen molar-refractivity contribution in [2.75, 3.05) is 0 Å². The van der Waals surface area contributed by atoms with Gasteiger partial charge in [-0.25, -0.2) is 18.1 Å². The van der Waals surface area contributed by atoms with E-state index in [0.717, 1.165) is 42.7 Å². The molecule has 1 N–H and O–H groups in total. The number of fused-ring (bicyclic) bond motifs is 2. The van der Waals surface area contributed by atoms with Crippen LogP contribution in [0.1, 0.15) is 30.1 Å². The van der Waals surface area contributed by atoms with Crippen molar-refractivity contribution in [3.63, 3.8) is 0 Å². The van der Waals surface area contributed by atoms with Gasteiger partial charge in [-0.15, -0.1) is 0 Å². The molecule has 8 heteroatoms. The summed E-state index contributed by atoms with van der Waals surface area (Å²) >= 11 is 0. The lowest BCUT2D eigenvalue weighted by Crippen LogP contribution is -2.25. The molecule has 0 aliphatic carbocycles. The van der Waals surface area contributed by atoms with Crippen molar-refractivity contribution < 1.29 is 12.9 Å². The summed E-state index contributed by atoms with van der Waals surface area (Å²) in [6, 6.07) is 7.23. The fraction of sp³-hybridized carbons (Fsp3) is 0.375. The molecule has 0 saturated carbocycles. The van der Waals surface area contributed by atoms with Crippen LogP contribution in [0.2, 0.25) is 0 Å². The monoisotopic (exact) mass is 346 g/mol. The van der Waals surface area contributed by atoms with E-state index >= 15 is 0 Å². The minimum atomic E-state index is -3.52. The lowest BCUT2D eigenvalue weighted by molar-refractivity contribution is 0.448. The molecule has 0 amide bonds. The minimum absolute atomic E-state index is 0.193. The van der Waals surface area contributed by atoms with Crippen molar-refractivity contribution >= 4 is 21.0 Å². The van der Waals surface area contributed by atoms with Crippen LogP contribution < -0.4 is 4.72 Å². The zero-order chi connectivity index (χ0) is 16.6. The van der Waals surface area contributed by atoms with Crippen molar-refractivity contribution in [3.8, 4) is 0 Å². The van der Waals surface area contributed by atoms with Crippen molar-refractivity contribution in [2.45, 2.75) is 38.1 Å². The van der Waals surface area contributed by atoms with Gasteiger partial charge < -0.3 is 9.09 Å². The van der Waals surface area contributed by atoms with Gasteiger partial charge in [-0.2, -0.15) is 0 Å². The highest BCUT2D eigenvalue weighted by Gasteiger charge is 2.18. The first-order valence-corrected chi connectivity index (χ1v) is 9.61. The lowest BCUT2D eigenvalue weighted by Gasteiger charge is -2.11. The molecule has 0 fully saturated rings. The average molecular weight is 346 g/mol. The van der Waals surface area contributed by atoms with Crippen LogP contribution >= 0.6 is 0 Å². The Morgan fingerprint density at radius 1 is 1.25 bits per heavy atom. The van der Waals surface area contributed by atoms with Gasteiger partial charge in [0.05, 0.1) is 12.2 Å². The predicted molar refractivity (Wildman–Crippen MR) is 88.6 cm³/mol. The molecule has 3 heterocycles. The van der Waals surface area contributed by atoms with E-state index in [9.17, 15) is 8.42 Å². The van der Waals surface area contributed by atoms with Gasteiger partial charge in [0.2, 0.25) is 10.0 Å². The van der Waals surface area contributed by atoms with E-state index in [-0.39, 0.29) is 12.3 Å². The summed E-state index contributed by atoms with van der Waals surface area (Å²) in [6.45, 7) is 1.15. The third-order valence-corrected chi connectivity index (χ3v) is 5.45. The van der Waals surface area contributed by atoms with Crippen molar-refractivity contribution in [1.82, 2.24) is 19.4 Å². The van der Waals surface area contributed by atoms with E-state index in [1.807, 2.05) is 18.3 Å².